The number of anilines is 1. The summed E-state index contributed by atoms with van der Waals surface area (Å²) in [6.07, 6.45) is 1.71. The second-order valence-corrected chi connectivity index (χ2v) is 9.27. The third kappa shape index (κ3) is 4.93. The van der Waals surface area contributed by atoms with Crippen molar-refractivity contribution >= 4 is 29.3 Å². The highest BCUT2D eigenvalue weighted by molar-refractivity contribution is 7.07. The van der Waals surface area contributed by atoms with Crippen LogP contribution in [0.3, 0.4) is 0 Å². The first-order chi connectivity index (χ1) is 17.9. The van der Waals surface area contributed by atoms with E-state index >= 15 is 0 Å². The molecule has 2 aromatic heterocycles. The first-order valence-electron chi connectivity index (χ1n) is 12.1. The average Bonchev–Trinajstić information content (AvgIpc) is 3.47. The van der Waals surface area contributed by atoms with Crippen molar-refractivity contribution in [3.63, 3.8) is 0 Å². The Morgan fingerprint density at radius 3 is 2.51 bits per heavy atom. The zero-order chi connectivity index (χ0) is 26.7. The summed E-state index contributed by atoms with van der Waals surface area (Å²) in [4.78, 5) is 34.0. The third-order valence-corrected chi connectivity index (χ3v) is 7.18. The molecule has 1 aromatic carbocycles. The van der Waals surface area contributed by atoms with Gasteiger partial charge in [-0.15, -0.1) is 0 Å². The molecule has 0 N–H and O–H groups in total. The molecule has 1 unspecified atom stereocenters. The minimum Gasteiger partial charge on any atom is -0.493 e. The zero-order valence-electron chi connectivity index (χ0n) is 21.9. The van der Waals surface area contributed by atoms with Crippen LogP contribution in [0.1, 0.15) is 45.1 Å². The molecule has 196 valence electrons. The molecule has 0 saturated heterocycles. The number of thiazole rings is 1. The standard InChI is InChI=1S/C27H31N3O6S/c1-7-29(8-2)22-13-11-18(36-22)15-21-25(31)30-24(17-10-12-19(33-5)20(14-17)34-6)23(26(32)35-9-3)16(4)28-27(30)37-21/h10-15,24H,7-9H2,1-6H3/b21-15-. The molecule has 37 heavy (non-hydrogen) atoms. The van der Waals surface area contributed by atoms with Crippen LogP contribution in [-0.4, -0.2) is 44.5 Å². The smallest absolute Gasteiger partial charge is 0.338 e. The number of carbonyl (C=O) groups is 1. The SMILES string of the molecule is CCOC(=O)C1=C(C)N=c2s/c(=C\c3ccc(N(CC)CC)o3)c(=O)n2C1c1ccc(OC)c(OC)c1. The molecular weight excluding hydrogens is 494 g/mol. The lowest BCUT2D eigenvalue weighted by molar-refractivity contribution is -0.139. The van der Waals surface area contributed by atoms with E-state index in [-0.39, 0.29) is 12.2 Å². The number of allylic oxidation sites excluding steroid dienone is 1. The van der Waals surface area contributed by atoms with Gasteiger partial charge in [0.15, 0.2) is 22.2 Å². The van der Waals surface area contributed by atoms with Crippen LogP contribution in [0.5, 0.6) is 11.5 Å². The number of ether oxygens (including phenoxy) is 3. The number of methoxy groups -OCH3 is 2. The van der Waals surface area contributed by atoms with Gasteiger partial charge >= 0.3 is 5.97 Å². The average molecular weight is 526 g/mol. The van der Waals surface area contributed by atoms with Gasteiger partial charge in [0.25, 0.3) is 5.56 Å². The number of furan rings is 1. The number of hydrogen-bond acceptors (Lipinski definition) is 9. The van der Waals surface area contributed by atoms with Gasteiger partial charge in [0.05, 0.1) is 42.7 Å². The minimum atomic E-state index is -0.750. The maximum atomic E-state index is 13.8. The van der Waals surface area contributed by atoms with Gasteiger partial charge in [0.1, 0.15) is 5.76 Å². The summed E-state index contributed by atoms with van der Waals surface area (Å²) in [5.74, 6) is 1.81. The van der Waals surface area contributed by atoms with Gasteiger partial charge in [-0.3, -0.25) is 9.36 Å². The van der Waals surface area contributed by atoms with Crippen molar-refractivity contribution in [2.75, 3.05) is 38.8 Å². The van der Waals surface area contributed by atoms with E-state index in [2.05, 4.69) is 23.7 Å². The molecular formula is C27H31N3O6S. The van der Waals surface area contributed by atoms with E-state index < -0.39 is 12.0 Å². The van der Waals surface area contributed by atoms with Crippen LogP contribution < -0.4 is 29.3 Å². The molecule has 0 amide bonds. The first-order valence-corrected chi connectivity index (χ1v) is 12.9. The van der Waals surface area contributed by atoms with E-state index in [1.165, 1.54) is 23.0 Å². The molecule has 0 radical (unpaired) electrons. The Bertz CT molecular complexity index is 1510. The molecule has 0 bridgehead atoms. The van der Waals surface area contributed by atoms with Gasteiger partial charge in [-0.1, -0.05) is 17.4 Å². The van der Waals surface area contributed by atoms with Gasteiger partial charge in [-0.2, -0.15) is 0 Å². The van der Waals surface area contributed by atoms with Crippen LogP contribution in [0.4, 0.5) is 5.88 Å². The number of esters is 1. The lowest BCUT2D eigenvalue weighted by Crippen LogP contribution is -2.39. The quantitative estimate of drug-likeness (QED) is 0.396. The predicted octanol–water partition coefficient (Wildman–Crippen LogP) is 3.25. The van der Waals surface area contributed by atoms with Crippen LogP contribution in [0.25, 0.3) is 6.08 Å². The van der Waals surface area contributed by atoms with E-state index in [0.29, 0.717) is 43.4 Å². The van der Waals surface area contributed by atoms with E-state index in [9.17, 15) is 9.59 Å². The largest absolute Gasteiger partial charge is 0.493 e. The molecule has 0 aliphatic carbocycles. The van der Waals surface area contributed by atoms with Gasteiger partial charge in [-0.25, -0.2) is 9.79 Å². The Morgan fingerprint density at radius 2 is 1.86 bits per heavy atom. The summed E-state index contributed by atoms with van der Waals surface area (Å²) in [6.45, 7) is 9.43. The van der Waals surface area contributed by atoms with E-state index in [0.717, 1.165) is 19.0 Å². The van der Waals surface area contributed by atoms with Crippen molar-refractivity contribution in [2.45, 2.75) is 33.7 Å². The van der Waals surface area contributed by atoms with Gasteiger partial charge in [-0.05, 0) is 51.5 Å². The molecule has 0 fully saturated rings. The Morgan fingerprint density at radius 1 is 1.14 bits per heavy atom. The molecule has 3 heterocycles. The lowest BCUT2D eigenvalue weighted by atomic mass is 9.95. The van der Waals surface area contributed by atoms with E-state index in [1.807, 2.05) is 18.2 Å². The number of aromatic nitrogens is 1. The predicted molar refractivity (Wildman–Crippen MR) is 142 cm³/mol. The van der Waals surface area contributed by atoms with E-state index in [1.54, 1.807) is 39.2 Å². The van der Waals surface area contributed by atoms with Crippen molar-refractivity contribution < 1.29 is 23.4 Å². The number of carbonyl (C=O) groups excluding carboxylic acids is 1. The minimum absolute atomic E-state index is 0.200. The molecule has 3 aromatic rings. The normalized spacial score (nSPS) is 15.3. The second-order valence-electron chi connectivity index (χ2n) is 8.26. The number of rotatable bonds is 9. The van der Waals surface area contributed by atoms with Gasteiger partial charge in [0, 0.05) is 25.2 Å². The fourth-order valence-corrected chi connectivity index (χ4v) is 5.41. The first kappa shape index (κ1) is 26.3. The molecule has 9 nitrogen and oxygen atoms in total. The Labute approximate surface area is 218 Å². The van der Waals surface area contributed by atoms with Crippen molar-refractivity contribution in [2.24, 2.45) is 4.99 Å². The molecule has 10 heteroatoms. The van der Waals surface area contributed by atoms with E-state index in [4.69, 9.17) is 18.6 Å². The summed E-state index contributed by atoms with van der Waals surface area (Å²) in [5.41, 5.74) is 1.19. The summed E-state index contributed by atoms with van der Waals surface area (Å²) >= 11 is 1.25. The Balaban J connectivity index is 1.90. The van der Waals surface area contributed by atoms with Crippen molar-refractivity contribution in [3.05, 3.63) is 72.6 Å². The van der Waals surface area contributed by atoms with Crippen LogP contribution in [0.15, 0.2) is 55.8 Å². The lowest BCUT2D eigenvalue weighted by Gasteiger charge is -2.25. The Hall–Kier alpha value is -3.79. The fraction of sp³-hybridized carbons (Fsp3) is 0.370. The number of nitrogens with zero attached hydrogens (tertiary/aromatic N) is 3. The highest BCUT2D eigenvalue weighted by Crippen LogP contribution is 2.36. The monoisotopic (exact) mass is 525 g/mol. The summed E-state index contributed by atoms with van der Waals surface area (Å²) in [7, 11) is 3.09. The summed E-state index contributed by atoms with van der Waals surface area (Å²) in [5, 5.41) is 0. The van der Waals surface area contributed by atoms with Crippen LogP contribution in [0.2, 0.25) is 0 Å². The van der Waals surface area contributed by atoms with Crippen molar-refractivity contribution in [3.8, 4) is 11.5 Å². The van der Waals surface area contributed by atoms with Crippen LogP contribution in [-0.2, 0) is 9.53 Å². The van der Waals surface area contributed by atoms with Crippen LogP contribution >= 0.6 is 11.3 Å². The Kier molecular flexibility index (Phi) is 7.87. The topological polar surface area (TPSA) is 95.5 Å². The van der Waals surface area contributed by atoms with Gasteiger partial charge < -0.3 is 23.5 Å². The van der Waals surface area contributed by atoms with Crippen LogP contribution in [0, 0.1) is 0 Å². The molecule has 1 atom stereocenters. The fourth-order valence-electron chi connectivity index (χ4n) is 4.38. The highest BCUT2D eigenvalue weighted by atomic mass is 32.1. The zero-order valence-corrected chi connectivity index (χ0v) is 22.7. The van der Waals surface area contributed by atoms with Crippen molar-refractivity contribution in [1.82, 2.24) is 4.57 Å². The van der Waals surface area contributed by atoms with Gasteiger partial charge in [0.2, 0.25) is 0 Å². The highest BCUT2D eigenvalue weighted by Gasteiger charge is 2.34. The summed E-state index contributed by atoms with van der Waals surface area (Å²) < 4.78 is 24.2. The third-order valence-electron chi connectivity index (χ3n) is 6.20. The maximum absolute atomic E-state index is 13.8. The molecule has 4 rings (SSSR count). The molecule has 0 spiro atoms. The molecule has 1 aliphatic rings. The number of fused-ring (bicyclic) bond motifs is 1. The summed E-state index contributed by atoms with van der Waals surface area (Å²) in [6, 6.07) is 8.31. The number of benzene rings is 1. The maximum Gasteiger partial charge on any atom is 0.338 e. The second kappa shape index (κ2) is 11.1. The number of hydrogen-bond donors (Lipinski definition) is 0. The molecule has 1 aliphatic heterocycles. The molecule has 0 saturated carbocycles. The van der Waals surface area contributed by atoms with Crippen molar-refractivity contribution in [1.29, 1.82) is 0 Å².